The number of esters is 1. The fraction of sp³-hybridized carbons (Fsp3) is 0.438. The SMILES string of the molecule is Cc1ccc(C)c(C=C2CC(=O)OCC2(C)C)c1. The van der Waals surface area contributed by atoms with Crippen LogP contribution in [0.5, 0.6) is 0 Å². The summed E-state index contributed by atoms with van der Waals surface area (Å²) in [6.07, 6.45) is 2.56. The van der Waals surface area contributed by atoms with Gasteiger partial charge in [-0.15, -0.1) is 0 Å². The molecule has 0 amide bonds. The summed E-state index contributed by atoms with van der Waals surface area (Å²) in [7, 11) is 0. The molecule has 0 aliphatic carbocycles. The lowest BCUT2D eigenvalue weighted by Gasteiger charge is -2.32. The van der Waals surface area contributed by atoms with Crippen LogP contribution in [0.1, 0.15) is 37.0 Å². The Hall–Kier alpha value is -1.57. The minimum atomic E-state index is -0.120. The van der Waals surface area contributed by atoms with Crippen molar-refractivity contribution in [2.45, 2.75) is 34.1 Å². The smallest absolute Gasteiger partial charge is 0.309 e. The van der Waals surface area contributed by atoms with Gasteiger partial charge in [0.1, 0.15) is 6.61 Å². The second-order valence-electron chi connectivity index (χ2n) is 5.75. The van der Waals surface area contributed by atoms with Crippen LogP contribution >= 0.6 is 0 Å². The fourth-order valence-electron chi connectivity index (χ4n) is 2.15. The molecule has 0 aromatic heterocycles. The summed E-state index contributed by atoms with van der Waals surface area (Å²) >= 11 is 0. The topological polar surface area (TPSA) is 26.3 Å². The maximum absolute atomic E-state index is 11.4. The molecule has 1 aromatic carbocycles. The van der Waals surface area contributed by atoms with E-state index in [1.807, 2.05) is 0 Å². The van der Waals surface area contributed by atoms with Crippen LogP contribution in [0.15, 0.2) is 23.8 Å². The summed E-state index contributed by atoms with van der Waals surface area (Å²) in [6, 6.07) is 6.39. The predicted octanol–water partition coefficient (Wildman–Crippen LogP) is 3.66. The number of ether oxygens (including phenoxy) is 1. The van der Waals surface area contributed by atoms with Crippen molar-refractivity contribution >= 4 is 12.0 Å². The van der Waals surface area contributed by atoms with E-state index in [4.69, 9.17) is 4.74 Å². The van der Waals surface area contributed by atoms with Crippen molar-refractivity contribution in [2.75, 3.05) is 6.61 Å². The van der Waals surface area contributed by atoms with Crippen molar-refractivity contribution in [3.8, 4) is 0 Å². The molecule has 18 heavy (non-hydrogen) atoms. The van der Waals surface area contributed by atoms with Crippen LogP contribution in [0.4, 0.5) is 0 Å². The molecule has 2 nitrogen and oxygen atoms in total. The lowest BCUT2D eigenvalue weighted by molar-refractivity contribution is -0.148. The van der Waals surface area contributed by atoms with Gasteiger partial charge in [-0.25, -0.2) is 0 Å². The van der Waals surface area contributed by atoms with Gasteiger partial charge in [-0.1, -0.05) is 43.7 Å². The van der Waals surface area contributed by atoms with Crippen molar-refractivity contribution in [3.63, 3.8) is 0 Å². The lowest BCUT2D eigenvalue weighted by atomic mass is 9.80. The Morgan fingerprint density at radius 2 is 2.00 bits per heavy atom. The van der Waals surface area contributed by atoms with E-state index in [-0.39, 0.29) is 11.4 Å². The molecule has 1 saturated heterocycles. The molecule has 0 N–H and O–H groups in total. The Balaban J connectivity index is 2.41. The predicted molar refractivity (Wildman–Crippen MR) is 73.3 cm³/mol. The maximum Gasteiger partial charge on any atom is 0.309 e. The number of carbonyl (C=O) groups is 1. The van der Waals surface area contributed by atoms with Gasteiger partial charge < -0.3 is 4.74 Å². The third-order valence-corrected chi connectivity index (χ3v) is 3.56. The summed E-state index contributed by atoms with van der Waals surface area (Å²) in [5.74, 6) is -0.120. The Morgan fingerprint density at radius 1 is 1.28 bits per heavy atom. The van der Waals surface area contributed by atoms with Crippen molar-refractivity contribution in [3.05, 3.63) is 40.5 Å². The van der Waals surface area contributed by atoms with E-state index < -0.39 is 0 Å². The first-order valence-corrected chi connectivity index (χ1v) is 6.32. The fourth-order valence-corrected chi connectivity index (χ4v) is 2.15. The zero-order valence-corrected chi connectivity index (χ0v) is 11.5. The summed E-state index contributed by atoms with van der Waals surface area (Å²) in [5.41, 5.74) is 4.77. The van der Waals surface area contributed by atoms with Gasteiger partial charge in [-0.3, -0.25) is 4.79 Å². The Labute approximate surface area is 109 Å². The van der Waals surface area contributed by atoms with Crippen LogP contribution < -0.4 is 0 Å². The third kappa shape index (κ3) is 2.63. The average molecular weight is 244 g/mol. The largest absolute Gasteiger partial charge is 0.465 e. The monoisotopic (exact) mass is 244 g/mol. The molecule has 2 heteroatoms. The summed E-state index contributed by atoms with van der Waals surface area (Å²) in [5, 5.41) is 0. The molecule has 1 heterocycles. The van der Waals surface area contributed by atoms with E-state index >= 15 is 0 Å². The zero-order chi connectivity index (χ0) is 13.3. The number of hydrogen-bond donors (Lipinski definition) is 0. The third-order valence-electron chi connectivity index (χ3n) is 3.56. The molecule has 0 radical (unpaired) electrons. The first-order chi connectivity index (χ1) is 8.38. The molecule has 0 atom stereocenters. The van der Waals surface area contributed by atoms with Gasteiger partial charge in [0.25, 0.3) is 0 Å². The molecule has 2 rings (SSSR count). The molecule has 1 aliphatic rings. The number of hydrogen-bond acceptors (Lipinski definition) is 2. The number of cyclic esters (lactones) is 1. The minimum absolute atomic E-state index is 0.0654. The summed E-state index contributed by atoms with van der Waals surface area (Å²) < 4.78 is 5.14. The second-order valence-corrected chi connectivity index (χ2v) is 5.75. The summed E-state index contributed by atoms with van der Waals surface area (Å²) in [6.45, 7) is 8.90. The Kier molecular flexibility index (Phi) is 3.29. The van der Waals surface area contributed by atoms with Crippen molar-refractivity contribution < 1.29 is 9.53 Å². The van der Waals surface area contributed by atoms with Crippen LogP contribution in [0.2, 0.25) is 0 Å². The highest BCUT2D eigenvalue weighted by Gasteiger charge is 2.31. The quantitative estimate of drug-likeness (QED) is 0.705. The zero-order valence-electron chi connectivity index (χ0n) is 11.5. The van der Waals surface area contributed by atoms with E-state index in [0.29, 0.717) is 13.0 Å². The Morgan fingerprint density at radius 3 is 2.72 bits per heavy atom. The highest BCUT2D eigenvalue weighted by atomic mass is 16.5. The average Bonchev–Trinajstić information content (AvgIpc) is 2.29. The normalized spacial score (nSPS) is 20.9. The number of carbonyl (C=O) groups excluding carboxylic acids is 1. The van der Waals surface area contributed by atoms with Crippen LogP contribution in [0.25, 0.3) is 6.08 Å². The van der Waals surface area contributed by atoms with E-state index in [9.17, 15) is 4.79 Å². The molecular formula is C16H20O2. The molecule has 0 saturated carbocycles. The van der Waals surface area contributed by atoms with Gasteiger partial charge in [0.2, 0.25) is 0 Å². The van der Waals surface area contributed by atoms with Gasteiger partial charge >= 0.3 is 5.97 Å². The van der Waals surface area contributed by atoms with Gasteiger partial charge in [0.15, 0.2) is 0 Å². The van der Waals surface area contributed by atoms with Crippen LogP contribution in [-0.4, -0.2) is 12.6 Å². The van der Waals surface area contributed by atoms with Gasteiger partial charge in [-0.2, -0.15) is 0 Å². The van der Waals surface area contributed by atoms with Crippen LogP contribution in [0, 0.1) is 19.3 Å². The highest BCUT2D eigenvalue weighted by Crippen LogP contribution is 2.35. The first-order valence-electron chi connectivity index (χ1n) is 6.32. The molecule has 0 unspecified atom stereocenters. The molecule has 1 aliphatic heterocycles. The van der Waals surface area contributed by atoms with E-state index in [0.717, 1.165) is 5.57 Å². The molecule has 1 aromatic rings. The van der Waals surface area contributed by atoms with Gasteiger partial charge in [0, 0.05) is 5.41 Å². The number of benzene rings is 1. The second kappa shape index (κ2) is 4.60. The minimum Gasteiger partial charge on any atom is -0.465 e. The highest BCUT2D eigenvalue weighted by molar-refractivity contribution is 5.77. The molecule has 1 fully saturated rings. The lowest BCUT2D eigenvalue weighted by Crippen LogP contribution is -2.31. The summed E-state index contributed by atoms with van der Waals surface area (Å²) in [4.78, 5) is 11.4. The number of rotatable bonds is 1. The molecular weight excluding hydrogens is 224 g/mol. The first kappa shape index (κ1) is 12.9. The van der Waals surface area contributed by atoms with E-state index in [1.165, 1.54) is 16.7 Å². The standard InChI is InChI=1S/C16H20O2/c1-11-5-6-12(2)13(7-11)8-14-9-15(17)18-10-16(14,3)4/h5-8H,9-10H2,1-4H3. The van der Waals surface area contributed by atoms with Gasteiger partial charge in [0.05, 0.1) is 6.42 Å². The van der Waals surface area contributed by atoms with Crippen LogP contribution in [0.3, 0.4) is 0 Å². The molecule has 96 valence electrons. The maximum atomic E-state index is 11.4. The van der Waals surface area contributed by atoms with Crippen molar-refractivity contribution in [2.24, 2.45) is 5.41 Å². The van der Waals surface area contributed by atoms with E-state index in [2.05, 4.69) is 52.0 Å². The van der Waals surface area contributed by atoms with Crippen LogP contribution in [-0.2, 0) is 9.53 Å². The number of aryl methyl sites for hydroxylation is 2. The van der Waals surface area contributed by atoms with Crippen molar-refractivity contribution in [1.82, 2.24) is 0 Å². The van der Waals surface area contributed by atoms with Gasteiger partial charge in [-0.05, 0) is 30.5 Å². The molecule has 0 spiro atoms. The van der Waals surface area contributed by atoms with E-state index in [1.54, 1.807) is 0 Å². The molecule has 0 bridgehead atoms. The Bertz CT molecular complexity index is 510. The van der Waals surface area contributed by atoms with Crippen molar-refractivity contribution in [1.29, 1.82) is 0 Å².